The molecule has 31 heavy (non-hydrogen) atoms. The van der Waals surface area contributed by atoms with Crippen molar-refractivity contribution in [1.29, 1.82) is 0 Å². The summed E-state index contributed by atoms with van der Waals surface area (Å²) < 4.78 is 15.7. The molecule has 1 fully saturated rings. The lowest BCUT2D eigenvalue weighted by atomic mass is 10.1. The number of piperazine rings is 1. The van der Waals surface area contributed by atoms with E-state index in [0.717, 1.165) is 11.3 Å². The van der Waals surface area contributed by atoms with E-state index in [2.05, 4.69) is 25.2 Å². The van der Waals surface area contributed by atoms with Gasteiger partial charge in [-0.1, -0.05) is 35.0 Å². The number of anilines is 1. The summed E-state index contributed by atoms with van der Waals surface area (Å²) in [6.45, 7) is 4.07. The smallest absolute Gasteiger partial charge is 0.256 e. The highest BCUT2D eigenvalue weighted by molar-refractivity contribution is 5.94. The molecule has 4 aromatic rings. The second-order valence-corrected chi connectivity index (χ2v) is 7.47. The van der Waals surface area contributed by atoms with E-state index >= 15 is 0 Å². The third-order valence-corrected chi connectivity index (χ3v) is 5.47. The first-order chi connectivity index (χ1) is 15.1. The van der Waals surface area contributed by atoms with E-state index in [0.29, 0.717) is 43.2 Å². The lowest BCUT2D eigenvalue weighted by Crippen LogP contribution is -2.49. The van der Waals surface area contributed by atoms with Gasteiger partial charge in [-0.3, -0.25) is 4.79 Å². The summed E-state index contributed by atoms with van der Waals surface area (Å²) in [7, 11) is 0. The average Bonchev–Trinajstić information content (AvgIpc) is 3.24. The minimum Gasteiger partial charge on any atom is -0.351 e. The number of carbonyl (C=O) groups is 1. The summed E-state index contributed by atoms with van der Waals surface area (Å²) in [6, 6.07) is 14.0. The maximum atomic E-state index is 14.0. The van der Waals surface area contributed by atoms with Gasteiger partial charge in [0.2, 0.25) is 0 Å². The van der Waals surface area contributed by atoms with Gasteiger partial charge in [0.15, 0.2) is 17.0 Å². The van der Waals surface area contributed by atoms with E-state index in [1.807, 2.05) is 31.2 Å². The molecule has 9 heteroatoms. The second-order valence-electron chi connectivity index (χ2n) is 7.47. The quantitative estimate of drug-likeness (QED) is 0.510. The summed E-state index contributed by atoms with van der Waals surface area (Å²) in [5.41, 5.74) is 3.36. The Hall–Kier alpha value is -3.88. The van der Waals surface area contributed by atoms with E-state index in [1.54, 1.807) is 21.7 Å². The molecule has 3 heterocycles. The predicted molar refractivity (Wildman–Crippen MR) is 114 cm³/mol. The fourth-order valence-electron chi connectivity index (χ4n) is 3.75. The van der Waals surface area contributed by atoms with Crippen molar-refractivity contribution in [2.24, 2.45) is 0 Å². The highest BCUT2D eigenvalue weighted by Gasteiger charge is 2.26. The summed E-state index contributed by atoms with van der Waals surface area (Å²) in [4.78, 5) is 25.2. The highest BCUT2D eigenvalue weighted by Crippen LogP contribution is 2.24. The van der Waals surface area contributed by atoms with Gasteiger partial charge in [0.05, 0.1) is 11.3 Å². The van der Waals surface area contributed by atoms with Crippen LogP contribution in [0.3, 0.4) is 0 Å². The van der Waals surface area contributed by atoms with Crippen molar-refractivity contribution in [2.45, 2.75) is 6.92 Å². The van der Waals surface area contributed by atoms with Crippen LogP contribution in [-0.2, 0) is 0 Å². The number of hydrogen-bond acceptors (Lipinski definition) is 6. The number of benzene rings is 2. The predicted octanol–water partition coefficient (Wildman–Crippen LogP) is 2.62. The van der Waals surface area contributed by atoms with Crippen LogP contribution < -0.4 is 4.90 Å². The number of fused-ring (bicyclic) bond motifs is 1. The summed E-state index contributed by atoms with van der Waals surface area (Å²) in [5.74, 6) is -0.114. The highest BCUT2D eigenvalue weighted by atomic mass is 19.1. The maximum absolute atomic E-state index is 14.0. The van der Waals surface area contributed by atoms with Gasteiger partial charge in [-0.25, -0.2) is 14.4 Å². The molecule has 0 atom stereocenters. The van der Waals surface area contributed by atoms with Crippen LogP contribution in [0.4, 0.5) is 10.2 Å². The largest absolute Gasteiger partial charge is 0.351 e. The molecule has 0 radical (unpaired) electrons. The van der Waals surface area contributed by atoms with Crippen molar-refractivity contribution in [3.05, 3.63) is 71.8 Å². The molecule has 8 nitrogen and oxygen atoms in total. The lowest BCUT2D eigenvalue weighted by molar-refractivity contribution is 0.0742. The molecule has 1 amide bonds. The van der Waals surface area contributed by atoms with Crippen molar-refractivity contribution < 1.29 is 9.18 Å². The van der Waals surface area contributed by atoms with E-state index in [-0.39, 0.29) is 11.5 Å². The topological polar surface area (TPSA) is 80.0 Å². The van der Waals surface area contributed by atoms with Crippen LogP contribution in [0.25, 0.3) is 16.9 Å². The first-order valence-corrected chi connectivity index (χ1v) is 10.0. The molecular formula is C22H20FN7O. The van der Waals surface area contributed by atoms with Gasteiger partial charge in [-0.2, -0.15) is 4.68 Å². The molecule has 2 aromatic heterocycles. The Balaban J connectivity index is 1.37. The molecule has 0 bridgehead atoms. The Bertz CT molecular complexity index is 1250. The average molecular weight is 417 g/mol. The number of nitrogens with zero attached hydrogens (tertiary/aromatic N) is 7. The Morgan fingerprint density at radius 2 is 1.71 bits per heavy atom. The van der Waals surface area contributed by atoms with Crippen molar-refractivity contribution in [2.75, 3.05) is 31.1 Å². The Kier molecular flexibility index (Phi) is 4.78. The molecule has 1 aliphatic rings. The zero-order valence-electron chi connectivity index (χ0n) is 16.9. The van der Waals surface area contributed by atoms with Gasteiger partial charge in [0.25, 0.3) is 5.91 Å². The Labute approximate surface area is 177 Å². The van der Waals surface area contributed by atoms with Crippen LogP contribution in [0.1, 0.15) is 15.9 Å². The standard InChI is InChI=1S/C22H20FN7O/c1-15-6-8-16(9-7-15)30-21-19(26-27-30)20(24-14-25-21)28-10-12-29(13-11-28)22(31)17-4-2-3-5-18(17)23/h2-9,14H,10-13H2,1H3. The first-order valence-electron chi connectivity index (χ1n) is 10.0. The fourth-order valence-corrected chi connectivity index (χ4v) is 3.75. The van der Waals surface area contributed by atoms with Gasteiger partial charge in [-0.15, -0.1) is 5.10 Å². The van der Waals surface area contributed by atoms with E-state index in [1.165, 1.54) is 18.5 Å². The zero-order chi connectivity index (χ0) is 21.4. The molecular weight excluding hydrogens is 397 g/mol. The van der Waals surface area contributed by atoms with Crippen LogP contribution in [0.5, 0.6) is 0 Å². The summed E-state index contributed by atoms with van der Waals surface area (Å²) in [6.07, 6.45) is 1.50. The Morgan fingerprint density at radius 1 is 0.968 bits per heavy atom. The lowest BCUT2D eigenvalue weighted by Gasteiger charge is -2.35. The monoisotopic (exact) mass is 417 g/mol. The molecule has 1 saturated heterocycles. The number of carbonyl (C=O) groups excluding carboxylic acids is 1. The number of aromatic nitrogens is 5. The van der Waals surface area contributed by atoms with Gasteiger partial charge < -0.3 is 9.80 Å². The third kappa shape index (κ3) is 3.48. The maximum Gasteiger partial charge on any atom is 0.256 e. The van der Waals surface area contributed by atoms with Crippen LogP contribution in [0.15, 0.2) is 54.9 Å². The fraction of sp³-hybridized carbons (Fsp3) is 0.227. The molecule has 2 aromatic carbocycles. The number of halogens is 1. The normalized spacial score (nSPS) is 14.3. The number of aryl methyl sites for hydroxylation is 1. The zero-order valence-corrected chi connectivity index (χ0v) is 16.9. The molecule has 0 N–H and O–H groups in total. The van der Waals surface area contributed by atoms with Crippen LogP contribution >= 0.6 is 0 Å². The second kappa shape index (κ2) is 7.75. The van der Waals surface area contributed by atoms with Crippen molar-refractivity contribution in [3.63, 3.8) is 0 Å². The molecule has 156 valence electrons. The van der Waals surface area contributed by atoms with E-state index in [4.69, 9.17) is 0 Å². The third-order valence-electron chi connectivity index (χ3n) is 5.47. The molecule has 0 unspecified atom stereocenters. The van der Waals surface area contributed by atoms with Crippen LogP contribution in [-0.4, -0.2) is 61.9 Å². The molecule has 0 spiro atoms. The van der Waals surface area contributed by atoms with Crippen molar-refractivity contribution >= 4 is 22.9 Å². The van der Waals surface area contributed by atoms with Crippen LogP contribution in [0, 0.1) is 12.7 Å². The van der Waals surface area contributed by atoms with Crippen molar-refractivity contribution in [1.82, 2.24) is 29.9 Å². The minimum absolute atomic E-state index is 0.0985. The minimum atomic E-state index is -0.500. The number of hydrogen-bond donors (Lipinski definition) is 0. The van der Waals surface area contributed by atoms with Crippen molar-refractivity contribution in [3.8, 4) is 5.69 Å². The SMILES string of the molecule is Cc1ccc(-n2nnc3c(N4CCN(C(=O)c5ccccc5F)CC4)ncnc32)cc1. The van der Waals surface area contributed by atoms with Gasteiger partial charge in [-0.05, 0) is 31.2 Å². The van der Waals surface area contributed by atoms with Gasteiger partial charge >= 0.3 is 0 Å². The first kappa shape index (κ1) is 19.1. The van der Waals surface area contributed by atoms with Crippen LogP contribution in [0.2, 0.25) is 0 Å². The molecule has 0 aliphatic carbocycles. The Morgan fingerprint density at radius 3 is 2.45 bits per heavy atom. The summed E-state index contributed by atoms with van der Waals surface area (Å²) >= 11 is 0. The van der Waals surface area contributed by atoms with E-state index < -0.39 is 5.82 Å². The summed E-state index contributed by atoms with van der Waals surface area (Å²) in [5, 5.41) is 8.60. The van der Waals surface area contributed by atoms with Gasteiger partial charge in [0, 0.05) is 26.2 Å². The molecule has 1 aliphatic heterocycles. The molecule has 5 rings (SSSR count). The number of amides is 1. The van der Waals surface area contributed by atoms with E-state index in [9.17, 15) is 9.18 Å². The number of rotatable bonds is 3. The molecule has 0 saturated carbocycles. The van der Waals surface area contributed by atoms with Gasteiger partial charge in [0.1, 0.15) is 12.1 Å².